The van der Waals surface area contributed by atoms with Gasteiger partial charge in [-0.1, -0.05) is 6.92 Å². The van der Waals surface area contributed by atoms with Crippen LogP contribution >= 0.6 is 0 Å². The Balaban J connectivity index is 1.56. The first-order valence-corrected chi connectivity index (χ1v) is 8.56. The lowest BCUT2D eigenvalue weighted by Gasteiger charge is -2.27. The smallest absolute Gasteiger partial charge is 0.230 e. The number of nitrogens with zero attached hydrogens (tertiary/aromatic N) is 4. The number of likely N-dealkylation sites (N-methyl/N-ethyl adjacent to an activating group) is 1. The third-order valence-corrected chi connectivity index (χ3v) is 4.60. The maximum atomic E-state index is 12.4. The highest BCUT2D eigenvalue weighted by atomic mass is 16.4. The fraction of sp³-hybridized carbons (Fsp3) is 0.588. The zero-order chi connectivity index (χ0) is 17.8. The quantitative estimate of drug-likeness (QED) is 0.797. The van der Waals surface area contributed by atoms with Crippen molar-refractivity contribution >= 4 is 5.91 Å². The summed E-state index contributed by atoms with van der Waals surface area (Å²) in [4.78, 5) is 16.2. The average molecular weight is 348 g/mol. The minimum absolute atomic E-state index is 0.0486. The summed E-state index contributed by atoms with van der Waals surface area (Å²) in [6, 6.07) is 1.73. The molecule has 136 valence electrons. The van der Waals surface area contributed by atoms with Crippen LogP contribution in [0.3, 0.4) is 0 Å². The molecule has 1 fully saturated rings. The predicted octanol–water partition coefficient (Wildman–Crippen LogP) is 0.997. The topological polar surface area (TPSA) is 95.8 Å². The van der Waals surface area contributed by atoms with Gasteiger partial charge in [-0.3, -0.25) is 9.69 Å². The van der Waals surface area contributed by atoms with Gasteiger partial charge in [0, 0.05) is 26.4 Å². The van der Waals surface area contributed by atoms with E-state index in [1.807, 2.05) is 13.0 Å². The molecule has 0 saturated carbocycles. The third-order valence-electron chi connectivity index (χ3n) is 4.60. The molecule has 0 aromatic carbocycles. The molecule has 1 amide bonds. The maximum Gasteiger partial charge on any atom is 0.230 e. The number of aromatic nitrogens is 2. The Kier molecular flexibility index (Phi) is 5.50. The largest absolute Gasteiger partial charge is 0.472 e. The number of aryl methyl sites for hydroxylation is 2. The number of hydrogen-bond donors (Lipinski definition) is 1. The zero-order valence-corrected chi connectivity index (χ0v) is 14.6. The van der Waals surface area contributed by atoms with Gasteiger partial charge in [0.2, 0.25) is 17.7 Å². The van der Waals surface area contributed by atoms with E-state index in [1.54, 1.807) is 24.3 Å². The van der Waals surface area contributed by atoms with Crippen molar-refractivity contribution < 1.29 is 18.7 Å². The minimum atomic E-state index is -0.582. The van der Waals surface area contributed by atoms with Gasteiger partial charge in [-0.25, -0.2) is 0 Å². The highest BCUT2D eigenvalue weighted by molar-refractivity contribution is 5.77. The van der Waals surface area contributed by atoms with Crippen LogP contribution in [-0.2, 0) is 17.8 Å². The number of hydrogen-bond acceptors (Lipinski definition) is 7. The number of aliphatic hydroxyl groups is 1. The van der Waals surface area contributed by atoms with E-state index in [9.17, 15) is 9.90 Å². The number of furan rings is 1. The van der Waals surface area contributed by atoms with Crippen molar-refractivity contribution in [1.82, 2.24) is 20.0 Å². The van der Waals surface area contributed by atoms with Crippen LogP contribution in [0.25, 0.3) is 0 Å². The normalized spacial score (nSPS) is 20.6. The van der Waals surface area contributed by atoms with E-state index in [1.165, 1.54) is 0 Å². The molecule has 1 aliphatic rings. The van der Waals surface area contributed by atoms with Crippen LogP contribution in [0.4, 0.5) is 0 Å². The lowest BCUT2D eigenvalue weighted by atomic mass is 10.2. The van der Waals surface area contributed by atoms with Crippen LogP contribution in [0, 0.1) is 6.92 Å². The van der Waals surface area contributed by atoms with Gasteiger partial charge in [-0.15, -0.1) is 10.2 Å². The molecule has 1 unspecified atom stereocenters. The zero-order valence-electron chi connectivity index (χ0n) is 14.6. The van der Waals surface area contributed by atoms with Crippen LogP contribution < -0.4 is 0 Å². The van der Waals surface area contributed by atoms with E-state index in [4.69, 9.17) is 8.83 Å². The van der Waals surface area contributed by atoms with Crippen LogP contribution in [-0.4, -0.2) is 62.8 Å². The highest BCUT2D eigenvalue weighted by Gasteiger charge is 2.37. The van der Waals surface area contributed by atoms with Gasteiger partial charge in [0.05, 0.1) is 31.2 Å². The molecule has 0 spiro atoms. The molecule has 3 heterocycles. The van der Waals surface area contributed by atoms with Gasteiger partial charge in [-0.05, 0) is 24.6 Å². The first kappa shape index (κ1) is 17.6. The molecule has 1 N–H and O–H groups in total. The molecule has 0 bridgehead atoms. The maximum absolute atomic E-state index is 12.4. The van der Waals surface area contributed by atoms with Crippen molar-refractivity contribution in [2.24, 2.45) is 0 Å². The van der Waals surface area contributed by atoms with Gasteiger partial charge in [0.25, 0.3) is 0 Å². The summed E-state index contributed by atoms with van der Waals surface area (Å²) in [5, 5.41) is 18.3. The SMILES string of the molecule is CCN(Cc1nnc(C)o1)C1CN(C(=O)CCc2ccoc2)C[C@H]1O. The van der Waals surface area contributed by atoms with Crippen molar-refractivity contribution in [3.8, 4) is 0 Å². The summed E-state index contributed by atoms with van der Waals surface area (Å²) in [6.07, 6.45) is 3.73. The molecule has 1 saturated heterocycles. The predicted molar refractivity (Wildman–Crippen MR) is 88.5 cm³/mol. The second-order valence-electron chi connectivity index (χ2n) is 6.34. The molecule has 8 nitrogen and oxygen atoms in total. The fourth-order valence-electron chi connectivity index (χ4n) is 3.21. The number of carbonyl (C=O) groups is 1. The lowest BCUT2D eigenvalue weighted by Crippen LogP contribution is -2.43. The number of likely N-dealkylation sites (tertiary alicyclic amines) is 1. The molecule has 8 heteroatoms. The number of rotatable bonds is 7. The summed E-state index contributed by atoms with van der Waals surface area (Å²) < 4.78 is 10.4. The number of amides is 1. The van der Waals surface area contributed by atoms with E-state index in [2.05, 4.69) is 15.1 Å². The molecular weight excluding hydrogens is 324 g/mol. The number of β-amino-alcohol motifs (C(OH)–C–C–N with tert-alkyl or cyclic N) is 1. The Hall–Kier alpha value is -2.19. The molecular formula is C17H24N4O4. The Morgan fingerprint density at radius 3 is 2.92 bits per heavy atom. The van der Waals surface area contributed by atoms with Gasteiger partial charge in [-0.2, -0.15) is 0 Å². The Labute approximate surface area is 146 Å². The summed E-state index contributed by atoms with van der Waals surface area (Å²) in [5.41, 5.74) is 1.01. The summed E-state index contributed by atoms with van der Waals surface area (Å²) in [5.74, 6) is 1.10. The highest BCUT2D eigenvalue weighted by Crippen LogP contribution is 2.20. The fourth-order valence-corrected chi connectivity index (χ4v) is 3.21. The van der Waals surface area contributed by atoms with Crippen molar-refractivity contribution in [2.45, 2.75) is 45.4 Å². The Bertz CT molecular complexity index is 685. The first-order valence-electron chi connectivity index (χ1n) is 8.56. The van der Waals surface area contributed by atoms with Gasteiger partial charge in [0.15, 0.2) is 0 Å². The molecule has 0 aliphatic carbocycles. The number of aliphatic hydroxyl groups excluding tert-OH is 1. The van der Waals surface area contributed by atoms with Crippen molar-refractivity contribution in [3.05, 3.63) is 35.9 Å². The van der Waals surface area contributed by atoms with Crippen LogP contribution in [0.5, 0.6) is 0 Å². The van der Waals surface area contributed by atoms with E-state index in [0.717, 1.165) is 12.1 Å². The van der Waals surface area contributed by atoms with Crippen LogP contribution in [0.15, 0.2) is 27.4 Å². The van der Waals surface area contributed by atoms with Crippen molar-refractivity contribution in [1.29, 1.82) is 0 Å². The molecule has 2 aromatic rings. The summed E-state index contributed by atoms with van der Waals surface area (Å²) in [6.45, 7) is 5.81. The molecule has 2 atom stereocenters. The van der Waals surface area contributed by atoms with E-state index >= 15 is 0 Å². The van der Waals surface area contributed by atoms with E-state index < -0.39 is 6.10 Å². The summed E-state index contributed by atoms with van der Waals surface area (Å²) in [7, 11) is 0. The summed E-state index contributed by atoms with van der Waals surface area (Å²) >= 11 is 0. The van der Waals surface area contributed by atoms with Crippen LogP contribution in [0.1, 0.15) is 30.7 Å². The minimum Gasteiger partial charge on any atom is -0.472 e. The van der Waals surface area contributed by atoms with E-state index in [-0.39, 0.29) is 11.9 Å². The Morgan fingerprint density at radius 2 is 2.28 bits per heavy atom. The van der Waals surface area contributed by atoms with Gasteiger partial charge < -0.3 is 18.8 Å². The first-order chi connectivity index (χ1) is 12.1. The standard InChI is InChI=1S/C17H24N4O4/c1-3-20(10-16-19-18-12(2)25-16)14-8-21(9-15(14)22)17(23)5-4-13-6-7-24-11-13/h6-7,11,14-15,22H,3-5,8-10H2,1-2H3/t14?,15-/m1/s1. The molecule has 2 aromatic heterocycles. The average Bonchev–Trinajstić information content (AvgIpc) is 3.32. The van der Waals surface area contributed by atoms with Crippen molar-refractivity contribution in [2.75, 3.05) is 19.6 Å². The molecule has 0 radical (unpaired) electrons. The van der Waals surface area contributed by atoms with Gasteiger partial charge >= 0.3 is 0 Å². The number of carbonyl (C=O) groups excluding carboxylic acids is 1. The third kappa shape index (κ3) is 4.26. The molecule has 3 rings (SSSR count). The lowest BCUT2D eigenvalue weighted by molar-refractivity contribution is -0.130. The van der Waals surface area contributed by atoms with Crippen LogP contribution in [0.2, 0.25) is 0 Å². The second kappa shape index (κ2) is 7.79. The molecule has 25 heavy (non-hydrogen) atoms. The monoisotopic (exact) mass is 348 g/mol. The second-order valence-corrected chi connectivity index (χ2v) is 6.34. The molecule has 1 aliphatic heterocycles. The Morgan fingerprint density at radius 1 is 1.44 bits per heavy atom. The van der Waals surface area contributed by atoms with E-state index in [0.29, 0.717) is 44.3 Å². The van der Waals surface area contributed by atoms with Crippen molar-refractivity contribution in [3.63, 3.8) is 0 Å². The van der Waals surface area contributed by atoms with Gasteiger partial charge in [0.1, 0.15) is 0 Å².